The topological polar surface area (TPSA) is 104 Å². The van der Waals surface area contributed by atoms with Crippen LogP contribution < -0.4 is 5.32 Å². The highest BCUT2D eigenvalue weighted by molar-refractivity contribution is 7.89. The number of carboxylic acids is 1. The van der Waals surface area contributed by atoms with Gasteiger partial charge in [-0.1, -0.05) is 17.7 Å². The van der Waals surface area contributed by atoms with Crippen molar-refractivity contribution >= 4 is 21.9 Å². The average Bonchev–Trinajstić information content (AvgIpc) is 2.40. The van der Waals surface area contributed by atoms with Crippen molar-refractivity contribution in [2.24, 2.45) is 0 Å². The van der Waals surface area contributed by atoms with E-state index in [0.717, 1.165) is 9.87 Å². The van der Waals surface area contributed by atoms with Crippen LogP contribution in [0, 0.1) is 6.92 Å². The number of benzene rings is 1. The fourth-order valence-electron chi connectivity index (χ4n) is 2.16. The van der Waals surface area contributed by atoms with Crippen LogP contribution in [-0.2, 0) is 19.6 Å². The van der Waals surface area contributed by atoms with Crippen molar-refractivity contribution in [3.63, 3.8) is 0 Å². The minimum Gasteiger partial charge on any atom is -0.481 e. The summed E-state index contributed by atoms with van der Waals surface area (Å²) in [6, 6.07) is 5.43. The van der Waals surface area contributed by atoms with Gasteiger partial charge in [0.2, 0.25) is 15.9 Å². The first kappa shape index (κ1) is 15.5. The quantitative estimate of drug-likeness (QED) is 0.812. The number of nitrogens with one attached hydrogen (secondary N) is 1. The van der Waals surface area contributed by atoms with Crippen LogP contribution in [0.15, 0.2) is 29.2 Å². The lowest BCUT2D eigenvalue weighted by molar-refractivity contribution is -0.139. The lowest BCUT2D eigenvalue weighted by Gasteiger charge is -2.33. The number of piperazine rings is 1. The summed E-state index contributed by atoms with van der Waals surface area (Å²) in [6.07, 6.45) is -0.356. The number of rotatable bonds is 4. The Bertz CT molecular complexity index is 654. The molecular weight excluding hydrogens is 296 g/mol. The SMILES string of the molecule is Cc1ccc(S(=O)(=O)N2CC(=O)NCC2CC(=O)O)cc1. The number of hydrogen-bond acceptors (Lipinski definition) is 4. The molecule has 8 heteroatoms. The molecule has 2 N–H and O–H groups in total. The number of nitrogens with zero attached hydrogens (tertiary/aromatic N) is 1. The zero-order valence-electron chi connectivity index (χ0n) is 11.4. The van der Waals surface area contributed by atoms with Gasteiger partial charge in [0.15, 0.2) is 0 Å². The number of carbonyl (C=O) groups excluding carboxylic acids is 1. The van der Waals surface area contributed by atoms with Gasteiger partial charge in [0.05, 0.1) is 23.9 Å². The highest BCUT2D eigenvalue weighted by Gasteiger charge is 2.37. The molecule has 1 fully saturated rings. The van der Waals surface area contributed by atoms with E-state index >= 15 is 0 Å². The van der Waals surface area contributed by atoms with Gasteiger partial charge >= 0.3 is 5.97 Å². The van der Waals surface area contributed by atoms with E-state index < -0.39 is 27.9 Å². The third kappa shape index (κ3) is 3.40. The lowest BCUT2D eigenvalue weighted by atomic mass is 10.2. The van der Waals surface area contributed by atoms with Crippen LogP contribution in [-0.4, -0.2) is 48.8 Å². The summed E-state index contributed by atoms with van der Waals surface area (Å²) in [7, 11) is -3.90. The maximum Gasteiger partial charge on any atom is 0.305 e. The summed E-state index contributed by atoms with van der Waals surface area (Å²) >= 11 is 0. The van der Waals surface area contributed by atoms with Crippen LogP contribution in [0.5, 0.6) is 0 Å². The van der Waals surface area contributed by atoms with Gasteiger partial charge in [0.1, 0.15) is 0 Å². The fraction of sp³-hybridized carbons (Fsp3) is 0.385. The number of aryl methyl sites for hydroxylation is 1. The minimum atomic E-state index is -3.90. The zero-order chi connectivity index (χ0) is 15.6. The van der Waals surface area contributed by atoms with E-state index in [4.69, 9.17) is 5.11 Å². The first-order valence-corrected chi connectivity index (χ1v) is 7.81. The summed E-state index contributed by atoms with van der Waals surface area (Å²) in [5.41, 5.74) is 0.910. The second-order valence-electron chi connectivity index (χ2n) is 4.92. The maximum atomic E-state index is 12.6. The molecule has 1 aromatic rings. The van der Waals surface area contributed by atoms with Gasteiger partial charge in [-0.15, -0.1) is 0 Å². The van der Waals surface area contributed by atoms with E-state index in [1.807, 2.05) is 6.92 Å². The Kier molecular flexibility index (Phi) is 4.29. The summed E-state index contributed by atoms with van der Waals surface area (Å²) < 4.78 is 26.1. The molecule has 1 amide bonds. The van der Waals surface area contributed by atoms with Crippen LogP contribution in [0.3, 0.4) is 0 Å². The first-order chi connectivity index (χ1) is 9.80. The minimum absolute atomic E-state index is 0.00375. The summed E-state index contributed by atoms with van der Waals surface area (Å²) in [5.74, 6) is -1.55. The van der Waals surface area contributed by atoms with E-state index in [-0.39, 0.29) is 24.4 Å². The predicted octanol–water partition coefficient (Wildman–Crippen LogP) is -0.0412. The highest BCUT2D eigenvalue weighted by atomic mass is 32.2. The molecule has 1 aliphatic heterocycles. The number of carbonyl (C=O) groups is 2. The van der Waals surface area contributed by atoms with Crippen molar-refractivity contribution in [3.05, 3.63) is 29.8 Å². The van der Waals surface area contributed by atoms with E-state index in [2.05, 4.69) is 5.32 Å². The molecule has 1 aliphatic rings. The largest absolute Gasteiger partial charge is 0.481 e. The molecule has 0 spiro atoms. The van der Waals surface area contributed by atoms with E-state index in [1.54, 1.807) is 12.1 Å². The van der Waals surface area contributed by atoms with Gasteiger partial charge in [-0.2, -0.15) is 4.31 Å². The summed E-state index contributed by atoms with van der Waals surface area (Å²) in [4.78, 5) is 22.4. The molecule has 1 heterocycles. The predicted molar refractivity (Wildman–Crippen MR) is 74.1 cm³/mol. The average molecular weight is 312 g/mol. The van der Waals surface area contributed by atoms with Crippen LogP contribution in [0.25, 0.3) is 0 Å². The molecule has 1 atom stereocenters. The fourth-order valence-corrected chi connectivity index (χ4v) is 3.74. The first-order valence-electron chi connectivity index (χ1n) is 6.37. The normalized spacial score (nSPS) is 20.0. The molecule has 0 aliphatic carbocycles. The maximum absolute atomic E-state index is 12.6. The number of aliphatic carboxylic acids is 1. The second-order valence-corrected chi connectivity index (χ2v) is 6.81. The van der Waals surface area contributed by atoms with Gasteiger partial charge in [-0.3, -0.25) is 9.59 Å². The lowest BCUT2D eigenvalue weighted by Crippen LogP contribution is -2.56. The van der Waals surface area contributed by atoms with E-state index in [0.29, 0.717) is 0 Å². The van der Waals surface area contributed by atoms with Crippen molar-refractivity contribution in [1.29, 1.82) is 0 Å². The molecule has 0 bridgehead atoms. The van der Waals surface area contributed by atoms with Crippen molar-refractivity contribution in [3.8, 4) is 0 Å². The molecule has 0 radical (unpaired) electrons. The van der Waals surface area contributed by atoms with Gasteiger partial charge in [-0.05, 0) is 19.1 Å². The number of hydrogen-bond donors (Lipinski definition) is 2. The second kappa shape index (κ2) is 5.82. The monoisotopic (exact) mass is 312 g/mol. The number of carboxylic acid groups (broad SMARTS) is 1. The Labute approximate surface area is 122 Å². The van der Waals surface area contributed by atoms with Gasteiger partial charge in [0.25, 0.3) is 0 Å². The van der Waals surface area contributed by atoms with Gasteiger partial charge in [0, 0.05) is 6.54 Å². The van der Waals surface area contributed by atoms with Crippen molar-refractivity contribution in [1.82, 2.24) is 9.62 Å². The smallest absolute Gasteiger partial charge is 0.305 e. The Morgan fingerprint density at radius 2 is 2.00 bits per heavy atom. The molecule has 0 aromatic heterocycles. The number of amides is 1. The van der Waals surface area contributed by atoms with Crippen LogP contribution in [0.1, 0.15) is 12.0 Å². The third-order valence-corrected chi connectivity index (χ3v) is 5.19. The van der Waals surface area contributed by atoms with Crippen LogP contribution in [0.4, 0.5) is 0 Å². The van der Waals surface area contributed by atoms with Crippen molar-refractivity contribution in [2.45, 2.75) is 24.3 Å². The van der Waals surface area contributed by atoms with E-state index in [1.165, 1.54) is 12.1 Å². The Morgan fingerprint density at radius 1 is 1.38 bits per heavy atom. The standard InChI is InChI=1S/C13H16N2O5S/c1-9-2-4-11(5-3-9)21(19,20)15-8-12(16)14-7-10(15)6-13(17)18/h2-5,10H,6-8H2,1H3,(H,14,16)(H,17,18). The molecule has 0 saturated carbocycles. The molecule has 114 valence electrons. The Balaban J connectivity index is 2.35. The van der Waals surface area contributed by atoms with Crippen molar-refractivity contribution in [2.75, 3.05) is 13.1 Å². The zero-order valence-corrected chi connectivity index (χ0v) is 12.3. The summed E-state index contributed by atoms with van der Waals surface area (Å²) in [6.45, 7) is 1.46. The van der Waals surface area contributed by atoms with Crippen LogP contribution in [0.2, 0.25) is 0 Å². The molecule has 7 nitrogen and oxygen atoms in total. The van der Waals surface area contributed by atoms with Crippen LogP contribution >= 0.6 is 0 Å². The third-order valence-electron chi connectivity index (χ3n) is 3.28. The molecule has 2 rings (SSSR count). The Hall–Kier alpha value is -1.93. The van der Waals surface area contributed by atoms with Gasteiger partial charge < -0.3 is 10.4 Å². The van der Waals surface area contributed by atoms with Crippen molar-refractivity contribution < 1.29 is 23.1 Å². The Morgan fingerprint density at radius 3 is 2.57 bits per heavy atom. The summed E-state index contributed by atoms with van der Waals surface area (Å²) in [5, 5.41) is 11.4. The molecular formula is C13H16N2O5S. The van der Waals surface area contributed by atoms with Gasteiger partial charge in [-0.25, -0.2) is 8.42 Å². The molecule has 1 saturated heterocycles. The molecule has 1 unspecified atom stereocenters. The molecule has 1 aromatic carbocycles. The number of sulfonamides is 1. The highest BCUT2D eigenvalue weighted by Crippen LogP contribution is 2.21. The molecule has 21 heavy (non-hydrogen) atoms. The van der Waals surface area contributed by atoms with E-state index in [9.17, 15) is 18.0 Å².